The Morgan fingerprint density at radius 1 is 1.59 bits per heavy atom. The molecule has 0 N–H and O–H groups in total. The second-order valence-electron chi connectivity index (χ2n) is 3.60. The van der Waals surface area contributed by atoms with Crippen molar-refractivity contribution in [2.24, 2.45) is 7.05 Å². The lowest BCUT2D eigenvalue weighted by Crippen LogP contribution is -2.01. The highest BCUT2D eigenvalue weighted by molar-refractivity contribution is 8.00. The molecule has 0 fully saturated rings. The molecule has 0 spiro atoms. The topological polar surface area (TPSA) is 54.5 Å². The lowest BCUT2D eigenvalue weighted by Gasteiger charge is -2.03. The zero-order valence-electron chi connectivity index (χ0n) is 9.62. The van der Waals surface area contributed by atoms with E-state index in [0.717, 1.165) is 17.4 Å². The molecule has 0 unspecified atom stereocenters. The van der Waals surface area contributed by atoms with Crippen molar-refractivity contribution in [2.75, 3.05) is 0 Å². The molecule has 0 saturated carbocycles. The highest BCUT2D eigenvalue weighted by Gasteiger charge is 2.12. The van der Waals surface area contributed by atoms with Crippen LogP contribution in [0.25, 0.3) is 0 Å². The van der Waals surface area contributed by atoms with E-state index in [4.69, 9.17) is 5.26 Å². The lowest BCUT2D eigenvalue weighted by molar-refractivity contribution is 0.750. The van der Waals surface area contributed by atoms with Gasteiger partial charge in [0, 0.05) is 18.3 Å². The molecule has 4 nitrogen and oxygen atoms in total. The van der Waals surface area contributed by atoms with Crippen LogP contribution in [-0.4, -0.2) is 20.0 Å². The van der Waals surface area contributed by atoms with Crippen LogP contribution in [0.3, 0.4) is 0 Å². The van der Waals surface area contributed by atoms with E-state index in [2.05, 4.69) is 27.7 Å². The largest absolute Gasteiger partial charge is 0.309 e. The molecule has 2 heterocycles. The van der Waals surface area contributed by atoms with E-state index in [1.165, 1.54) is 16.6 Å². The highest BCUT2D eigenvalue weighted by Crippen LogP contribution is 2.22. The van der Waals surface area contributed by atoms with Crippen LogP contribution in [0.5, 0.6) is 0 Å². The predicted octanol–water partition coefficient (Wildman–Crippen LogP) is 2.47. The molecule has 17 heavy (non-hydrogen) atoms. The SMILES string of the molecule is C[C@@H](C#N)Sc1nnc(Cc2cccs2)n1C. The van der Waals surface area contributed by atoms with Crippen molar-refractivity contribution in [2.45, 2.75) is 23.8 Å². The molecular weight excluding hydrogens is 252 g/mol. The van der Waals surface area contributed by atoms with Gasteiger partial charge in [0.1, 0.15) is 5.82 Å². The van der Waals surface area contributed by atoms with Crippen molar-refractivity contribution in [3.05, 3.63) is 28.2 Å². The maximum absolute atomic E-state index is 8.77. The first-order chi connectivity index (χ1) is 8.20. The van der Waals surface area contributed by atoms with E-state index in [1.807, 2.05) is 24.6 Å². The van der Waals surface area contributed by atoms with E-state index in [1.54, 1.807) is 11.3 Å². The van der Waals surface area contributed by atoms with Crippen molar-refractivity contribution < 1.29 is 0 Å². The molecule has 0 bridgehead atoms. The minimum atomic E-state index is -0.104. The third-order valence-electron chi connectivity index (χ3n) is 2.30. The van der Waals surface area contributed by atoms with Gasteiger partial charge in [-0.3, -0.25) is 0 Å². The van der Waals surface area contributed by atoms with Crippen molar-refractivity contribution in [3.8, 4) is 6.07 Å². The summed E-state index contributed by atoms with van der Waals surface area (Å²) in [5.41, 5.74) is 0. The quantitative estimate of drug-likeness (QED) is 0.796. The lowest BCUT2D eigenvalue weighted by atomic mass is 10.3. The molecule has 6 heteroatoms. The first-order valence-electron chi connectivity index (χ1n) is 5.17. The number of nitrogens with zero attached hydrogens (tertiary/aromatic N) is 4. The standard InChI is InChI=1S/C11H12N4S2/c1-8(7-12)17-11-14-13-10(15(11)2)6-9-4-3-5-16-9/h3-5,8H,6H2,1-2H3/t8-/m0/s1. The van der Waals surface area contributed by atoms with Crippen LogP contribution in [-0.2, 0) is 13.5 Å². The van der Waals surface area contributed by atoms with Crippen molar-refractivity contribution in [1.29, 1.82) is 5.26 Å². The molecule has 88 valence electrons. The number of thiophene rings is 1. The first-order valence-corrected chi connectivity index (χ1v) is 6.93. The highest BCUT2D eigenvalue weighted by atomic mass is 32.2. The zero-order valence-corrected chi connectivity index (χ0v) is 11.3. The van der Waals surface area contributed by atoms with Crippen LogP contribution in [0.15, 0.2) is 22.7 Å². The second-order valence-corrected chi connectivity index (χ2v) is 5.94. The van der Waals surface area contributed by atoms with Crippen LogP contribution in [0.1, 0.15) is 17.6 Å². The molecular formula is C11H12N4S2. The molecule has 1 atom stereocenters. The van der Waals surface area contributed by atoms with Crippen molar-refractivity contribution in [3.63, 3.8) is 0 Å². The van der Waals surface area contributed by atoms with Crippen LogP contribution in [0.2, 0.25) is 0 Å². The van der Waals surface area contributed by atoms with E-state index in [9.17, 15) is 0 Å². The summed E-state index contributed by atoms with van der Waals surface area (Å²) in [6.07, 6.45) is 0.794. The Hall–Kier alpha value is -1.32. The molecule has 0 saturated heterocycles. The van der Waals surface area contributed by atoms with Gasteiger partial charge in [-0.15, -0.1) is 21.5 Å². The average molecular weight is 264 g/mol. The molecule has 0 aliphatic rings. The van der Waals surface area contributed by atoms with Gasteiger partial charge in [0.05, 0.1) is 11.3 Å². The summed E-state index contributed by atoms with van der Waals surface area (Å²) in [6.45, 7) is 1.86. The molecule has 0 aliphatic heterocycles. The van der Waals surface area contributed by atoms with Gasteiger partial charge in [-0.05, 0) is 18.4 Å². The molecule has 0 aromatic carbocycles. The van der Waals surface area contributed by atoms with Gasteiger partial charge in [-0.25, -0.2) is 0 Å². The maximum Gasteiger partial charge on any atom is 0.192 e. The van der Waals surface area contributed by atoms with Crippen LogP contribution in [0, 0.1) is 11.3 Å². The Bertz CT molecular complexity index is 524. The predicted molar refractivity (Wildman–Crippen MR) is 69.1 cm³/mol. The van der Waals surface area contributed by atoms with Crippen LogP contribution in [0.4, 0.5) is 0 Å². The molecule has 0 aliphatic carbocycles. The third kappa shape index (κ3) is 2.87. The Kier molecular flexibility index (Phi) is 3.82. The van der Waals surface area contributed by atoms with Crippen molar-refractivity contribution in [1.82, 2.24) is 14.8 Å². The smallest absolute Gasteiger partial charge is 0.192 e. The normalized spacial score (nSPS) is 12.3. The number of nitriles is 1. The number of thioether (sulfide) groups is 1. The van der Waals surface area contributed by atoms with Gasteiger partial charge in [0.2, 0.25) is 0 Å². The van der Waals surface area contributed by atoms with Crippen LogP contribution >= 0.6 is 23.1 Å². The summed E-state index contributed by atoms with van der Waals surface area (Å²) in [5.74, 6) is 0.931. The summed E-state index contributed by atoms with van der Waals surface area (Å²) in [5, 5.41) is 19.8. The van der Waals surface area contributed by atoms with E-state index in [-0.39, 0.29) is 5.25 Å². The average Bonchev–Trinajstić information content (AvgIpc) is 2.94. The van der Waals surface area contributed by atoms with Gasteiger partial charge in [0.25, 0.3) is 0 Å². The van der Waals surface area contributed by atoms with E-state index in [0.29, 0.717) is 0 Å². The van der Waals surface area contributed by atoms with E-state index >= 15 is 0 Å². The third-order valence-corrected chi connectivity index (χ3v) is 4.20. The summed E-state index contributed by atoms with van der Waals surface area (Å²) in [4.78, 5) is 1.27. The minimum Gasteiger partial charge on any atom is -0.309 e. The summed E-state index contributed by atoms with van der Waals surface area (Å²) < 4.78 is 1.96. The molecule has 2 aromatic rings. The maximum atomic E-state index is 8.77. The minimum absolute atomic E-state index is 0.104. The fourth-order valence-electron chi connectivity index (χ4n) is 1.36. The Balaban J connectivity index is 2.13. The zero-order chi connectivity index (χ0) is 12.3. The first kappa shape index (κ1) is 12.1. The summed E-state index contributed by atoms with van der Waals surface area (Å²) in [7, 11) is 1.94. The summed E-state index contributed by atoms with van der Waals surface area (Å²) >= 11 is 3.15. The molecule has 2 rings (SSSR count). The Labute approximate surface area is 108 Å². The van der Waals surface area contributed by atoms with Crippen LogP contribution < -0.4 is 0 Å². The number of hydrogen-bond donors (Lipinski definition) is 0. The molecule has 0 radical (unpaired) electrons. The second kappa shape index (κ2) is 5.34. The van der Waals surface area contributed by atoms with Gasteiger partial charge in [-0.1, -0.05) is 17.8 Å². The monoisotopic (exact) mass is 264 g/mol. The van der Waals surface area contributed by atoms with Gasteiger partial charge in [0.15, 0.2) is 5.16 Å². The summed E-state index contributed by atoms with van der Waals surface area (Å²) in [6, 6.07) is 6.30. The van der Waals surface area contributed by atoms with Crippen molar-refractivity contribution >= 4 is 23.1 Å². The molecule has 2 aromatic heterocycles. The fourth-order valence-corrected chi connectivity index (χ4v) is 2.78. The van der Waals surface area contributed by atoms with Gasteiger partial charge < -0.3 is 4.57 Å². The number of hydrogen-bond acceptors (Lipinski definition) is 5. The number of rotatable bonds is 4. The van der Waals surface area contributed by atoms with Gasteiger partial charge in [-0.2, -0.15) is 5.26 Å². The molecule has 0 amide bonds. The Morgan fingerprint density at radius 3 is 3.06 bits per heavy atom. The Morgan fingerprint density at radius 2 is 2.41 bits per heavy atom. The number of aromatic nitrogens is 3. The fraction of sp³-hybridized carbons (Fsp3) is 0.364. The van der Waals surface area contributed by atoms with E-state index < -0.39 is 0 Å². The van der Waals surface area contributed by atoms with Gasteiger partial charge >= 0.3 is 0 Å².